The van der Waals surface area contributed by atoms with Gasteiger partial charge in [-0.1, -0.05) is 0 Å². The Hall–Kier alpha value is -0.650. The fraction of sp³-hybridized carbons (Fsp3) is 0.857. The Balaban J connectivity index is 3.69. The number of aliphatic hydroxyl groups excluding tert-OH is 1. The lowest BCUT2D eigenvalue weighted by molar-refractivity contribution is -0.147. The van der Waals surface area contributed by atoms with E-state index in [1.54, 1.807) is 7.05 Å². The Kier molecular flexibility index (Phi) is 6.64. The van der Waals surface area contributed by atoms with Crippen molar-refractivity contribution >= 4 is 5.97 Å². The lowest BCUT2D eigenvalue weighted by Gasteiger charge is -2.13. The van der Waals surface area contributed by atoms with Crippen molar-refractivity contribution in [1.29, 1.82) is 0 Å². The Morgan fingerprint density at radius 3 is 2.83 bits per heavy atom. The molecule has 0 saturated carbocycles. The van der Waals surface area contributed by atoms with Gasteiger partial charge in [0.1, 0.15) is 12.6 Å². The van der Waals surface area contributed by atoms with E-state index in [9.17, 15) is 4.79 Å². The Bertz CT molecular complexity index is 130. The molecule has 4 N–H and O–H groups in total. The molecule has 72 valence electrons. The van der Waals surface area contributed by atoms with Gasteiger partial charge in [-0.3, -0.25) is 4.79 Å². The van der Waals surface area contributed by atoms with Crippen molar-refractivity contribution in [2.45, 2.75) is 12.5 Å². The highest BCUT2D eigenvalue weighted by Gasteiger charge is 2.15. The average molecular weight is 176 g/mol. The van der Waals surface area contributed by atoms with E-state index in [1.165, 1.54) is 0 Å². The summed E-state index contributed by atoms with van der Waals surface area (Å²) >= 11 is 0. The van der Waals surface area contributed by atoms with Crippen molar-refractivity contribution in [2.75, 3.05) is 26.8 Å². The summed E-state index contributed by atoms with van der Waals surface area (Å²) in [5, 5.41) is 11.2. The van der Waals surface area contributed by atoms with Gasteiger partial charge in [0.15, 0.2) is 0 Å². The second kappa shape index (κ2) is 7.02. The molecule has 0 aliphatic heterocycles. The van der Waals surface area contributed by atoms with E-state index < -0.39 is 0 Å². The second-order valence-corrected chi connectivity index (χ2v) is 2.31. The van der Waals surface area contributed by atoms with Crippen LogP contribution in [-0.2, 0) is 9.53 Å². The fourth-order valence-electron chi connectivity index (χ4n) is 0.794. The first-order chi connectivity index (χ1) is 5.76. The number of ether oxygens (including phenoxy) is 1. The highest BCUT2D eigenvalue weighted by Crippen LogP contribution is 1.92. The highest BCUT2D eigenvalue weighted by atomic mass is 16.5. The number of aliphatic hydroxyl groups is 1. The predicted molar refractivity (Wildman–Crippen MR) is 44.6 cm³/mol. The Morgan fingerprint density at radius 2 is 2.42 bits per heavy atom. The van der Waals surface area contributed by atoms with Crippen LogP contribution in [0.5, 0.6) is 0 Å². The molecule has 0 heterocycles. The third-order valence-corrected chi connectivity index (χ3v) is 1.42. The van der Waals surface area contributed by atoms with Crippen LogP contribution in [0.3, 0.4) is 0 Å². The number of likely N-dealkylation sites (N-methyl/N-ethyl adjacent to an activating group) is 1. The molecular weight excluding hydrogens is 160 g/mol. The van der Waals surface area contributed by atoms with E-state index in [4.69, 9.17) is 10.8 Å². The van der Waals surface area contributed by atoms with Gasteiger partial charge in [0, 0.05) is 0 Å². The van der Waals surface area contributed by atoms with E-state index >= 15 is 0 Å². The molecule has 5 nitrogen and oxygen atoms in total. The Labute approximate surface area is 71.9 Å². The topological polar surface area (TPSA) is 84.6 Å². The summed E-state index contributed by atoms with van der Waals surface area (Å²) in [5.74, 6) is -0.364. The van der Waals surface area contributed by atoms with Gasteiger partial charge < -0.3 is 20.9 Å². The molecule has 5 heteroatoms. The number of nitrogens with one attached hydrogen (secondary N) is 1. The summed E-state index contributed by atoms with van der Waals surface area (Å²) in [7, 11) is 1.67. The van der Waals surface area contributed by atoms with Gasteiger partial charge in [0.05, 0.1) is 6.61 Å². The van der Waals surface area contributed by atoms with Gasteiger partial charge in [-0.2, -0.15) is 0 Å². The van der Waals surface area contributed by atoms with E-state index in [2.05, 4.69) is 10.1 Å². The molecule has 1 atom stereocenters. The van der Waals surface area contributed by atoms with Crippen LogP contribution < -0.4 is 11.1 Å². The fourth-order valence-corrected chi connectivity index (χ4v) is 0.794. The first kappa shape index (κ1) is 11.4. The first-order valence-electron chi connectivity index (χ1n) is 3.91. The van der Waals surface area contributed by atoms with Gasteiger partial charge in [-0.25, -0.2) is 0 Å². The molecule has 0 aromatic rings. The van der Waals surface area contributed by atoms with E-state index in [1.807, 2.05) is 0 Å². The molecule has 0 aromatic heterocycles. The van der Waals surface area contributed by atoms with Crippen molar-refractivity contribution in [3.05, 3.63) is 0 Å². The first-order valence-corrected chi connectivity index (χ1v) is 3.91. The van der Waals surface area contributed by atoms with Crippen LogP contribution >= 0.6 is 0 Å². The van der Waals surface area contributed by atoms with Gasteiger partial charge in [-0.15, -0.1) is 0 Å². The normalized spacial score (nSPS) is 12.6. The second-order valence-electron chi connectivity index (χ2n) is 2.31. The van der Waals surface area contributed by atoms with Crippen LogP contribution in [0.1, 0.15) is 6.42 Å². The summed E-state index contributed by atoms with van der Waals surface area (Å²) in [6.45, 7) is 0.326. The highest BCUT2D eigenvalue weighted by molar-refractivity contribution is 5.75. The van der Waals surface area contributed by atoms with Gasteiger partial charge in [0.2, 0.25) is 0 Å². The van der Waals surface area contributed by atoms with Crippen LogP contribution in [0.2, 0.25) is 0 Å². The summed E-state index contributed by atoms with van der Waals surface area (Å²) in [4.78, 5) is 11.1. The molecule has 0 radical (unpaired) electrons. The SMILES string of the molecule is CNC(CCN)C(=O)OCCO. The standard InChI is InChI=1S/C7H16N2O3/c1-9-6(2-3-8)7(11)12-5-4-10/h6,9-10H,2-5,8H2,1H3. The maximum Gasteiger partial charge on any atom is 0.323 e. The van der Waals surface area contributed by atoms with Crippen LogP contribution in [-0.4, -0.2) is 43.9 Å². The molecule has 0 fully saturated rings. The lowest BCUT2D eigenvalue weighted by atomic mass is 10.2. The minimum absolute atomic E-state index is 0.0432. The van der Waals surface area contributed by atoms with Crippen molar-refractivity contribution in [3.63, 3.8) is 0 Å². The quantitative estimate of drug-likeness (QED) is 0.427. The number of carbonyl (C=O) groups is 1. The minimum atomic E-state index is -0.364. The average Bonchev–Trinajstić information content (AvgIpc) is 2.10. The summed E-state index contributed by atoms with van der Waals surface area (Å²) < 4.78 is 4.69. The van der Waals surface area contributed by atoms with Crippen LogP contribution in [0.25, 0.3) is 0 Å². The summed E-state index contributed by atoms with van der Waals surface area (Å²) in [6.07, 6.45) is 0.542. The van der Waals surface area contributed by atoms with Crippen molar-refractivity contribution in [3.8, 4) is 0 Å². The van der Waals surface area contributed by atoms with Crippen molar-refractivity contribution < 1.29 is 14.6 Å². The third kappa shape index (κ3) is 4.27. The van der Waals surface area contributed by atoms with Gasteiger partial charge in [0.25, 0.3) is 0 Å². The molecule has 0 bridgehead atoms. The zero-order chi connectivity index (χ0) is 9.40. The number of hydrogen-bond donors (Lipinski definition) is 3. The van der Waals surface area contributed by atoms with Crippen LogP contribution in [0.15, 0.2) is 0 Å². The van der Waals surface area contributed by atoms with Gasteiger partial charge >= 0.3 is 5.97 Å². The zero-order valence-electron chi connectivity index (χ0n) is 7.25. The molecule has 1 unspecified atom stereocenters. The molecule has 0 aliphatic carbocycles. The monoisotopic (exact) mass is 176 g/mol. The summed E-state index contributed by atoms with van der Waals surface area (Å²) in [5.41, 5.74) is 5.27. The largest absolute Gasteiger partial charge is 0.462 e. The van der Waals surface area contributed by atoms with E-state index in [0.29, 0.717) is 13.0 Å². The zero-order valence-corrected chi connectivity index (χ0v) is 7.25. The molecular formula is C7H16N2O3. The van der Waals surface area contributed by atoms with E-state index in [0.717, 1.165) is 0 Å². The van der Waals surface area contributed by atoms with Crippen molar-refractivity contribution in [2.24, 2.45) is 5.73 Å². The molecule has 0 saturated heterocycles. The van der Waals surface area contributed by atoms with E-state index in [-0.39, 0.29) is 25.2 Å². The molecule has 0 rings (SSSR count). The van der Waals surface area contributed by atoms with Crippen LogP contribution in [0.4, 0.5) is 0 Å². The van der Waals surface area contributed by atoms with Crippen molar-refractivity contribution in [1.82, 2.24) is 5.32 Å². The molecule has 12 heavy (non-hydrogen) atoms. The molecule has 0 aromatic carbocycles. The smallest absolute Gasteiger partial charge is 0.323 e. The lowest BCUT2D eigenvalue weighted by Crippen LogP contribution is -2.37. The number of hydrogen-bond acceptors (Lipinski definition) is 5. The number of carbonyl (C=O) groups excluding carboxylic acids is 1. The third-order valence-electron chi connectivity index (χ3n) is 1.42. The maximum absolute atomic E-state index is 11.1. The van der Waals surface area contributed by atoms with Gasteiger partial charge in [-0.05, 0) is 20.0 Å². The molecule has 0 aliphatic rings. The maximum atomic E-state index is 11.1. The minimum Gasteiger partial charge on any atom is -0.462 e. The van der Waals surface area contributed by atoms with Crippen LogP contribution in [0, 0.1) is 0 Å². The Morgan fingerprint density at radius 1 is 1.75 bits per heavy atom. The molecule has 0 spiro atoms. The summed E-state index contributed by atoms with van der Waals surface area (Å²) in [6, 6.07) is -0.360. The molecule has 0 amide bonds. The number of esters is 1. The predicted octanol–water partition coefficient (Wildman–Crippen LogP) is -1.54. The number of nitrogens with two attached hydrogens (primary N) is 1. The number of rotatable bonds is 6.